The first-order chi connectivity index (χ1) is 14.0. The third kappa shape index (κ3) is 2.08. The standard InChI is InChI=1S/C28H35N2/c1-16(2)19-12-10-13-20-21-14-11-15-22-24(21)30-25(28(8,9)27(22,6)7)18(5)29(17(3)4)26(30)23(19)20/h10-17H,1-9H3/q+1. The molecule has 0 saturated carbocycles. The van der Waals surface area contributed by atoms with Gasteiger partial charge in [-0.25, -0.2) is 4.57 Å². The predicted molar refractivity (Wildman–Crippen MR) is 128 cm³/mol. The number of hydrogen-bond donors (Lipinski definition) is 0. The van der Waals surface area contributed by atoms with Crippen LogP contribution >= 0.6 is 0 Å². The van der Waals surface area contributed by atoms with Crippen molar-refractivity contribution < 1.29 is 4.40 Å². The van der Waals surface area contributed by atoms with Crippen LogP contribution in [0.3, 0.4) is 0 Å². The molecule has 2 heteroatoms. The van der Waals surface area contributed by atoms with Crippen LogP contribution in [-0.2, 0) is 10.8 Å². The maximum atomic E-state index is 2.64. The van der Waals surface area contributed by atoms with Gasteiger partial charge in [-0.1, -0.05) is 77.9 Å². The van der Waals surface area contributed by atoms with E-state index in [1.54, 1.807) is 0 Å². The molecule has 0 N–H and O–H groups in total. The Hall–Kier alpha value is -2.35. The van der Waals surface area contributed by atoms with Crippen LogP contribution in [0.15, 0.2) is 36.4 Å². The van der Waals surface area contributed by atoms with Gasteiger partial charge in [-0.2, -0.15) is 4.40 Å². The number of para-hydroxylation sites is 1. The number of imidazole rings is 1. The first kappa shape index (κ1) is 19.6. The lowest BCUT2D eigenvalue weighted by molar-refractivity contribution is -0.500. The Labute approximate surface area is 180 Å². The molecule has 4 aromatic rings. The third-order valence-corrected chi connectivity index (χ3v) is 8.20. The smallest absolute Gasteiger partial charge is 0.225 e. The number of rotatable bonds is 2. The molecule has 1 aliphatic heterocycles. The second-order valence-corrected chi connectivity index (χ2v) is 10.9. The molecule has 2 nitrogen and oxygen atoms in total. The lowest BCUT2D eigenvalue weighted by atomic mass is 9.60. The fraction of sp³-hybridized carbons (Fsp3) is 0.464. The molecule has 3 heterocycles. The maximum Gasteiger partial charge on any atom is 0.295 e. The Bertz CT molecular complexity index is 1320. The van der Waals surface area contributed by atoms with Crippen molar-refractivity contribution in [2.75, 3.05) is 0 Å². The topological polar surface area (TPSA) is 9.03 Å². The Morgan fingerprint density at radius 3 is 2.10 bits per heavy atom. The summed E-state index contributed by atoms with van der Waals surface area (Å²) < 4.78 is 5.24. The van der Waals surface area contributed by atoms with Crippen molar-refractivity contribution >= 4 is 27.3 Å². The van der Waals surface area contributed by atoms with E-state index in [1.165, 1.54) is 49.8 Å². The molecule has 30 heavy (non-hydrogen) atoms. The van der Waals surface area contributed by atoms with Gasteiger partial charge < -0.3 is 0 Å². The fourth-order valence-electron chi connectivity index (χ4n) is 6.13. The van der Waals surface area contributed by atoms with Crippen molar-refractivity contribution in [1.29, 1.82) is 0 Å². The molecule has 2 aromatic heterocycles. The van der Waals surface area contributed by atoms with Crippen molar-refractivity contribution in [3.8, 4) is 0 Å². The molecule has 0 atom stereocenters. The number of aromatic nitrogens is 2. The first-order valence-electron chi connectivity index (χ1n) is 11.5. The molecule has 5 rings (SSSR count). The first-order valence-corrected chi connectivity index (χ1v) is 11.5. The largest absolute Gasteiger partial charge is 0.295 e. The summed E-state index contributed by atoms with van der Waals surface area (Å²) in [6.45, 7) is 21.4. The molecule has 0 bridgehead atoms. The van der Waals surface area contributed by atoms with Crippen molar-refractivity contribution in [2.45, 2.75) is 85.1 Å². The monoisotopic (exact) mass is 399 g/mol. The molecular formula is C28H35N2+. The quantitative estimate of drug-likeness (QED) is 0.251. The molecule has 156 valence electrons. The summed E-state index contributed by atoms with van der Waals surface area (Å²) in [4.78, 5) is 0. The Balaban J connectivity index is 2.25. The van der Waals surface area contributed by atoms with Crippen LogP contribution in [0.1, 0.15) is 89.9 Å². The van der Waals surface area contributed by atoms with Crippen molar-refractivity contribution in [3.63, 3.8) is 0 Å². The summed E-state index contributed by atoms with van der Waals surface area (Å²) in [5, 5.41) is 4.20. The Morgan fingerprint density at radius 2 is 1.47 bits per heavy atom. The summed E-state index contributed by atoms with van der Waals surface area (Å²) in [5.74, 6) is 0.477. The number of hydrogen-bond acceptors (Lipinski definition) is 0. The molecule has 0 saturated heterocycles. The minimum atomic E-state index is 0.0157. The van der Waals surface area contributed by atoms with Crippen LogP contribution in [0.25, 0.3) is 27.3 Å². The Morgan fingerprint density at radius 1 is 0.833 bits per heavy atom. The van der Waals surface area contributed by atoms with Crippen LogP contribution in [0.5, 0.6) is 0 Å². The number of benzene rings is 2. The van der Waals surface area contributed by atoms with Gasteiger partial charge in [-0.15, -0.1) is 0 Å². The maximum absolute atomic E-state index is 2.64. The summed E-state index contributed by atoms with van der Waals surface area (Å²) in [6, 6.07) is 14.3. The lowest BCUT2D eigenvalue weighted by Gasteiger charge is -2.43. The molecule has 0 unspecified atom stereocenters. The van der Waals surface area contributed by atoms with E-state index in [2.05, 4.69) is 108 Å². The van der Waals surface area contributed by atoms with Crippen LogP contribution in [-0.4, -0.2) is 4.57 Å². The zero-order chi connectivity index (χ0) is 21.7. The van der Waals surface area contributed by atoms with Gasteiger partial charge in [0, 0.05) is 34.1 Å². The zero-order valence-electron chi connectivity index (χ0n) is 20.0. The second kappa shape index (κ2) is 5.87. The summed E-state index contributed by atoms with van der Waals surface area (Å²) >= 11 is 0. The fourth-order valence-corrected chi connectivity index (χ4v) is 6.13. The van der Waals surface area contributed by atoms with E-state index in [9.17, 15) is 0 Å². The minimum Gasteiger partial charge on any atom is -0.225 e. The van der Waals surface area contributed by atoms with Crippen LogP contribution in [0, 0.1) is 6.92 Å². The Kier molecular flexibility index (Phi) is 3.84. The van der Waals surface area contributed by atoms with E-state index in [0.717, 1.165) is 0 Å². The highest BCUT2D eigenvalue weighted by atomic mass is 15.2. The molecule has 0 aliphatic carbocycles. The van der Waals surface area contributed by atoms with Gasteiger partial charge in [0.15, 0.2) is 5.69 Å². The van der Waals surface area contributed by atoms with E-state index >= 15 is 0 Å². The average Bonchev–Trinajstić information content (AvgIpc) is 2.99. The number of fused-ring (bicyclic) bond motifs is 3. The van der Waals surface area contributed by atoms with E-state index in [0.29, 0.717) is 12.0 Å². The summed E-state index contributed by atoms with van der Waals surface area (Å²) in [6.07, 6.45) is 0. The normalized spacial score (nSPS) is 17.3. The van der Waals surface area contributed by atoms with E-state index < -0.39 is 0 Å². The average molecular weight is 400 g/mol. The van der Waals surface area contributed by atoms with Gasteiger partial charge >= 0.3 is 0 Å². The van der Waals surface area contributed by atoms with E-state index in [4.69, 9.17) is 0 Å². The van der Waals surface area contributed by atoms with Crippen molar-refractivity contribution in [2.24, 2.45) is 0 Å². The van der Waals surface area contributed by atoms with Gasteiger partial charge in [0.2, 0.25) is 0 Å². The van der Waals surface area contributed by atoms with Crippen molar-refractivity contribution in [3.05, 3.63) is 58.9 Å². The predicted octanol–water partition coefficient (Wildman–Crippen LogP) is 7.11. The zero-order valence-corrected chi connectivity index (χ0v) is 20.0. The molecule has 0 radical (unpaired) electrons. The molecule has 0 spiro atoms. The van der Waals surface area contributed by atoms with Gasteiger partial charge in [-0.05, 0) is 25.3 Å². The molecule has 1 aliphatic rings. The summed E-state index contributed by atoms with van der Waals surface area (Å²) in [7, 11) is 0. The van der Waals surface area contributed by atoms with Gasteiger partial charge in [0.1, 0.15) is 11.2 Å². The van der Waals surface area contributed by atoms with E-state index in [1.807, 2.05) is 0 Å². The summed E-state index contributed by atoms with van der Waals surface area (Å²) in [5.41, 5.74) is 8.62. The second-order valence-electron chi connectivity index (χ2n) is 10.9. The molecular weight excluding hydrogens is 364 g/mol. The van der Waals surface area contributed by atoms with Crippen LogP contribution in [0.4, 0.5) is 0 Å². The molecule has 0 amide bonds. The highest BCUT2D eigenvalue weighted by molar-refractivity contribution is 6.11. The molecule has 0 fully saturated rings. The lowest BCUT2D eigenvalue weighted by Crippen LogP contribution is -2.51. The third-order valence-electron chi connectivity index (χ3n) is 8.20. The van der Waals surface area contributed by atoms with Crippen LogP contribution < -0.4 is 4.40 Å². The van der Waals surface area contributed by atoms with Crippen LogP contribution in [0.2, 0.25) is 0 Å². The van der Waals surface area contributed by atoms with Crippen molar-refractivity contribution in [1.82, 2.24) is 4.57 Å². The highest BCUT2D eigenvalue weighted by Gasteiger charge is 2.52. The van der Waals surface area contributed by atoms with E-state index in [-0.39, 0.29) is 10.8 Å². The van der Waals surface area contributed by atoms with Gasteiger partial charge in [0.25, 0.3) is 5.65 Å². The number of pyridine rings is 1. The minimum absolute atomic E-state index is 0.0157. The van der Waals surface area contributed by atoms with Gasteiger partial charge in [-0.3, -0.25) is 0 Å². The molecule has 2 aromatic carbocycles. The van der Waals surface area contributed by atoms with Gasteiger partial charge in [0.05, 0.1) is 11.4 Å². The number of nitrogens with zero attached hydrogens (tertiary/aromatic N) is 2. The SMILES string of the molecule is Cc1c2[n+]3c4c(cccc4c4cccc(C(C)C)c4c3n1C(C)C)C(C)(C)C2(C)C. The highest BCUT2D eigenvalue weighted by Crippen LogP contribution is 2.50.